The van der Waals surface area contributed by atoms with Gasteiger partial charge in [-0.2, -0.15) is 0 Å². The number of fused-ring (bicyclic) bond motifs is 5. The maximum Gasteiger partial charge on any atom is 0.331 e. The molecule has 0 bridgehead atoms. The molecule has 51 heavy (non-hydrogen) atoms. The lowest BCUT2D eigenvalue weighted by Gasteiger charge is -2.67. The second-order valence-corrected chi connectivity index (χ2v) is 17.0. The van der Waals surface area contributed by atoms with Crippen LogP contribution in [0, 0.1) is 45.8 Å². The standard InChI is InChI=1S/C40H58O11/c1-21(2)11-10-12-26(36(45)46)34-28-19-29(44)35-38(7)17-16-30(50-33-14-13-31(47-23(4)41)37(51-33)49-25(6)43)22(3)27(38)15-18-39(35,8)40(28,9)20-32(34)48-24(5)42/h13-14,21-22,27-28,30-33,35,37H,10-12,15-20H2,1-9H3,(H,45,46)/b34-26-/t22-,27?,28-,30+,31-,32-,33-,35?,37-,38-,39-,40-/m0/s1. The Labute approximate surface area is 302 Å². The van der Waals surface area contributed by atoms with E-state index in [0.29, 0.717) is 42.7 Å². The number of carbonyl (C=O) groups excluding carboxylic acids is 4. The molecule has 1 N–H and O–H groups in total. The average molecular weight is 715 g/mol. The summed E-state index contributed by atoms with van der Waals surface area (Å²) in [5.74, 6) is -2.23. The zero-order chi connectivity index (χ0) is 37.6. The molecule has 12 atom stereocenters. The highest BCUT2D eigenvalue weighted by molar-refractivity contribution is 5.90. The zero-order valence-electron chi connectivity index (χ0n) is 31.8. The molecule has 11 nitrogen and oxygen atoms in total. The number of ketones is 1. The van der Waals surface area contributed by atoms with E-state index < -0.39 is 59.5 Å². The average Bonchev–Trinajstić information content (AvgIpc) is 3.28. The highest BCUT2D eigenvalue weighted by Gasteiger charge is 2.71. The van der Waals surface area contributed by atoms with E-state index in [4.69, 9.17) is 23.7 Å². The lowest BCUT2D eigenvalue weighted by atomic mass is 9.37. The van der Waals surface area contributed by atoms with Crippen LogP contribution in [-0.4, -0.2) is 65.7 Å². The molecule has 2 unspecified atom stereocenters. The number of ether oxygens (including phenoxy) is 5. The van der Waals surface area contributed by atoms with Crippen molar-refractivity contribution >= 4 is 29.7 Å². The first-order valence-electron chi connectivity index (χ1n) is 18.8. The molecule has 4 fully saturated rings. The van der Waals surface area contributed by atoms with Crippen LogP contribution in [0.15, 0.2) is 23.3 Å². The van der Waals surface area contributed by atoms with Gasteiger partial charge in [0.05, 0.1) is 6.10 Å². The first-order valence-corrected chi connectivity index (χ1v) is 18.8. The Morgan fingerprint density at radius 1 is 0.941 bits per heavy atom. The van der Waals surface area contributed by atoms with E-state index in [1.807, 2.05) is 0 Å². The molecule has 5 aliphatic rings. The Balaban J connectivity index is 1.41. The molecule has 0 amide bonds. The molecule has 1 aliphatic heterocycles. The number of esters is 3. The molecular weight excluding hydrogens is 656 g/mol. The number of rotatable bonds is 10. The van der Waals surface area contributed by atoms with Gasteiger partial charge < -0.3 is 28.8 Å². The van der Waals surface area contributed by atoms with Crippen molar-refractivity contribution in [2.75, 3.05) is 0 Å². The van der Waals surface area contributed by atoms with Crippen LogP contribution in [0.4, 0.5) is 0 Å². The van der Waals surface area contributed by atoms with Crippen molar-refractivity contribution in [1.82, 2.24) is 0 Å². The number of hydrogen-bond donors (Lipinski definition) is 1. The first kappa shape index (κ1) is 39.2. The molecule has 4 saturated carbocycles. The summed E-state index contributed by atoms with van der Waals surface area (Å²) >= 11 is 0. The van der Waals surface area contributed by atoms with Crippen molar-refractivity contribution in [2.45, 2.75) is 151 Å². The van der Waals surface area contributed by atoms with Crippen LogP contribution in [0.3, 0.4) is 0 Å². The van der Waals surface area contributed by atoms with Gasteiger partial charge in [-0.3, -0.25) is 19.2 Å². The maximum atomic E-state index is 14.7. The van der Waals surface area contributed by atoms with Gasteiger partial charge in [-0.15, -0.1) is 0 Å². The van der Waals surface area contributed by atoms with Crippen LogP contribution < -0.4 is 0 Å². The Morgan fingerprint density at radius 2 is 1.61 bits per heavy atom. The van der Waals surface area contributed by atoms with Gasteiger partial charge in [-0.25, -0.2) is 4.79 Å². The lowest BCUT2D eigenvalue weighted by Crippen LogP contribution is -2.64. The molecule has 0 spiro atoms. The smallest absolute Gasteiger partial charge is 0.331 e. The van der Waals surface area contributed by atoms with E-state index >= 15 is 0 Å². The number of carboxylic acid groups (broad SMARTS) is 1. The van der Waals surface area contributed by atoms with Crippen molar-refractivity contribution in [1.29, 1.82) is 0 Å². The predicted molar refractivity (Wildman–Crippen MR) is 186 cm³/mol. The van der Waals surface area contributed by atoms with Gasteiger partial charge in [0.1, 0.15) is 11.9 Å². The number of carboxylic acids is 1. The first-order chi connectivity index (χ1) is 23.8. The Kier molecular flexibility index (Phi) is 11.3. The van der Waals surface area contributed by atoms with E-state index in [1.54, 1.807) is 12.2 Å². The number of hydrogen-bond acceptors (Lipinski definition) is 10. The van der Waals surface area contributed by atoms with Gasteiger partial charge in [-0.05, 0) is 103 Å². The fraction of sp³-hybridized carbons (Fsp3) is 0.775. The van der Waals surface area contributed by atoms with Crippen LogP contribution in [0.2, 0.25) is 0 Å². The van der Waals surface area contributed by atoms with Crippen LogP contribution in [0.1, 0.15) is 120 Å². The van der Waals surface area contributed by atoms with Crippen molar-refractivity contribution in [3.05, 3.63) is 23.3 Å². The van der Waals surface area contributed by atoms with Crippen LogP contribution in [0.25, 0.3) is 0 Å². The Bertz CT molecular complexity index is 1460. The molecule has 0 aromatic heterocycles. The minimum atomic E-state index is -1.13. The number of carbonyl (C=O) groups is 5. The molecule has 4 aliphatic carbocycles. The van der Waals surface area contributed by atoms with Gasteiger partial charge in [0.15, 0.2) is 12.4 Å². The van der Waals surface area contributed by atoms with E-state index in [2.05, 4.69) is 41.5 Å². The summed E-state index contributed by atoms with van der Waals surface area (Å²) in [6.45, 7) is 17.0. The second kappa shape index (κ2) is 14.8. The summed E-state index contributed by atoms with van der Waals surface area (Å²) in [7, 11) is 0. The van der Waals surface area contributed by atoms with Crippen molar-refractivity contribution in [3.8, 4) is 0 Å². The molecule has 5 rings (SSSR count). The molecule has 0 aromatic rings. The Morgan fingerprint density at radius 3 is 2.22 bits per heavy atom. The summed E-state index contributed by atoms with van der Waals surface area (Å²) in [5, 5.41) is 10.5. The SMILES string of the molecule is CC(=O)O[C@H]1O[C@H](O[C@@H]2CC[C@@]3(C)C(CC[C@@]4(C)C3C(=O)C[C@H]3/C(=C(\CCCC(C)C)C(=O)O)[C@@H](OC(C)=O)C[C@@]34C)[C@@H]2C)C=C[C@@H]1OC(C)=O. The predicted octanol–water partition coefficient (Wildman–Crippen LogP) is 6.71. The lowest BCUT2D eigenvalue weighted by molar-refractivity contribution is -0.276. The third kappa shape index (κ3) is 7.31. The highest BCUT2D eigenvalue weighted by atomic mass is 16.8. The fourth-order valence-corrected chi connectivity index (χ4v) is 11.2. The summed E-state index contributed by atoms with van der Waals surface area (Å²) in [4.78, 5) is 63.3. The molecule has 0 saturated heterocycles. The van der Waals surface area contributed by atoms with E-state index in [9.17, 15) is 29.1 Å². The third-order valence-electron chi connectivity index (χ3n) is 13.5. The van der Waals surface area contributed by atoms with Gasteiger partial charge in [-0.1, -0.05) is 48.0 Å². The van der Waals surface area contributed by atoms with Crippen LogP contribution in [0.5, 0.6) is 0 Å². The molecule has 0 radical (unpaired) electrons. The Hall–Kier alpha value is -3.05. The van der Waals surface area contributed by atoms with Crippen LogP contribution in [-0.2, 0) is 47.7 Å². The molecule has 11 heteroatoms. The maximum absolute atomic E-state index is 14.7. The van der Waals surface area contributed by atoms with E-state index in [1.165, 1.54) is 20.8 Å². The van der Waals surface area contributed by atoms with Gasteiger partial charge in [0.25, 0.3) is 0 Å². The van der Waals surface area contributed by atoms with Crippen molar-refractivity contribution in [3.63, 3.8) is 0 Å². The number of aliphatic carboxylic acids is 1. The van der Waals surface area contributed by atoms with E-state index in [-0.39, 0.29) is 47.4 Å². The minimum Gasteiger partial charge on any atom is -0.478 e. The van der Waals surface area contributed by atoms with Crippen molar-refractivity contribution < 1.29 is 52.8 Å². The molecule has 1 heterocycles. The highest BCUT2D eigenvalue weighted by Crippen LogP contribution is 2.73. The van der Waals surface area contributed by atoms with Gasteiger partial charge >= 0.3 is 23.9 Å². The number of Topliss-reactive ketones (excluding diaryl/α,β-unsaturated/α-hetero) is 1. The summed E-state index contributed by atoms with van der Waals surface area (Å²) in [6, 6.07) is 0. The zero-order valence-corrected chi connectivity index (χ0v) is 31.8. The van der Waals surface area contributed by atoms with Gasteiger partial charge in [0.2, 0.25) is 6.29 Å². The minimum absolute atomic E-state index is 0.0781. The normalized spacial score (nSPS) is 41.2. The molecule has 0 aromatic carbocycles. The van der Waals surface area contributed by atoms with Gasteiger partial charge in [0, 0.05) is 38.7 Å². The molecule has 284 valence electrons. The molecular formula is C40H58O11. The fourth-order valence-electron chi connectivity index (χ4n) is 11.2. The van der Waals surface area contributed by atoms with E-state index in [0.717, 1.165) is 25.7 Å². The summed E-state index contributed by atoms with van der Waals surface area (Å²) in [5.41, 5.74) is -0.248. The van der Waals surface area contributed by atoms with Crippen molar-refractivity contribution in [2.24, 2.45) is 45.8 Å². The quantitative estimate of drug-likeness (QED) is 0.111. The second-order valence-electron chi connectivity index (χ2n) is 17.0. The third-order valence-corrected chi connectivity index (χ3v) is 13.5. The van der Waals surface area contributed by atoms with Crippen LogP contribution >= 0.6 is 0 Å². The summed E-state index contributed by atoms with van der Waals surface area (Å²) in [6.07, 6.45) is 5.43. The summed E-state index contributed by atoms with van der Waals surface area (Å²) < 4.78 is 29.0. The monoisotopic (exact) mass is 714 g/mol. The topological polar surface area (TPSA) is 152 Å². The largest absolute Gasteiger partial charge is 0.478 e.